The van der Waals surface area contributed by atoms with Crippen molar-refractivity contribution in [2.45, 2.75) is 6.42 Å². The summed E-state index contributed by atoms with van der Waals surface area (Å²) in [5.41, 5.74) is 1.50. The number of furan rings is 1. The number of carbonyl (C=O) groups excluding carboxylic acids is 2. The van der Waals surface area contributed by atoms with E-state index in [-0.39, 0.29) is 5.76 Å². The van der Waals surface area contributed by atoms with Gasteiger partial charge in [-0.25, -0.2) is 9.59 Å². The molecule has 1 aromatic heterocycles. The minimum atomic E-state index is -0.594. The van der Waals surface area contributed by atoms with E-state index in [0.717, 1.165) is 5.56 Å². The predicted octanol–water partition coefficient (Wildman–Crippen LogP) is 3.90. The van der Waals surface area contributed by atoms with Gasteiger partial charge in [-0.1, -0.05) is 30.3 Å². The van der Waals surface area contributed by atoms with Crippen LogP contribution in [-0.2, 0) is 11.2 Å². The van der Waals surface area contributed by atoms with Crippen molar-refractivity contribution in [2.24, 2.45) is 0 Å². The molecule has 0 N–H and O–H groups in total. The summed E-state index contributed by atoms with van der Waals surface area (Å²) in [4.78, 5) is 23.8. The van der Waals surface area contributed by atoms with E-state index < -0.39 is 11.9 Å². The minimum absolute atomic E-state index is 0.115. The van der Waals surface area contributed by atoms with Gasteiger partial charge in [-0.05, 0) is 42.0 Å². The van der Waals surface area contributed by atoms with Crippen molar-refractivity contribution >= 4 is 11.9 Å². The van der Waals surface area contributed by atoms with E-state index in [4.69, 9.17) is 13.9 Å². The molecule has 2 aromatic carbocycles. The van der Waals surface area contributed by atoms with Gasteiger partial charge in [0.2, 0.25) is 5.76 Å². The van der Waals surface area contributed by atoms with Crippen LogP contribution in [0.5, 0.6) is 5.75 Å². The highest BCUT2D eigenvalue weighted by Crippen LogP contribution is 2.15. The van der Waals surface area contributed by atoms with Gasteiger partial charge in [-0.15, -0.1) is 0 Å². The molecule has 3 aromatic rings. The van der Waals surface area contributed by atoms with E-state index in [2.05, 4.69) is 0 Å². The first kappa shape index (κ1) is 16.5. The first-order valence-electron chi connectivity index (χ1n) is 7.79. The van der Waals surface area contributed by atoms with Crippen LogP contribution in [0.15, 0.2) is 77.4 Å². The van der Waals surface area contributed by atoms with Gasteiger partial charge in [0, 0.05) is 6.42 Å². The highest BCUT2D eigenvalue weighted by Gasteiger charge is 2.12. The number of esters is 2. The molecule has 0 saturated heterocycles. The van der Waals surface area contributed by atoms with Crippen molar-refractivity contribution in [1.29, 1.82) is 0 Å². The highest BCUT2D eigenvalue weighted by atomic mass is 16.5. The van der Waals surface area contributed by atoms with Crippen LogP contribution in [0.4, 0.5) is 0 Å². The Kier molecular flexibility index (Phi) is 5.26. The second-order valence-corrected chi connectivity index (χ2v) is 5.26. The Labute approximate surface area is 144 Å². The van der Waals surface area contributed by atoms with Crippen LogP contribution in [-0.4, -0.2) is 18.5 Å². The van der Waals surface area contributed by atoms with Crippen molar-refractivity contribution in [1.82, 2.24) is 0 Å². The van der Waals surface area contributed by atoms with Crippen molar-refractivity contribution in [3.05, 3.63) is 89.9 Å². The van der Waals surface area contributed by atoms with Gasteiger partial charge in [-0.3, -0.25) is 0 Å². The third-order valence-electron chi connectivity index (χ3n) is 3.49. The van der Waals surface area contributed by atoms with Gasteiger partial charge in [0.25, 0.3) is 0 Å². The maximum atomic E-state index is 12.0. The van der Waals surface area contributed by atoms with Gasteiger partial charge in [-0.2, -0.15) is 0 Å². The van der Waals surface area contributed by atoms with Crippen LogP contribution in [0.2, 0.25) is 0 Å². The molecule has 0 fully saturated rings. The first-order chi connectivity index (χ1) is 12.2. The molecular weight excluding hydrogens is 320 g/mol. The number of carbonyl (C=O) groups is 2. The standard InChI is InChI=1S/C20H16O5/c21-19(24-14-12-15-5-2-1-3-6-15)16-8-10-17(11-9-16)25-20(22)18-7-4-13-23-18/h1-11,13H,12,14H2. The fraction of sp³-hybridized carbons (Fsp3) is 0.100. The van der Waals surface area contributed by atoms with E-state index in [0.29, 0.717) is 24.3 Å². The fourth-order valence-corrected chi connectivity index (χ4v) is 2.20. The van der Waals surface area contributed by atoms with E-state index >= 15 is 0 Å². The maximum Gasteiger partial charge on any atom is 0.379 e. The third-order valence-corrected chi connectivity index (χ3v) is 3.49. The van der Waals surface area contributed by atoms with E-state index in [1.807, 2.05) is 30.3 Å². The van der Waals surface area contributed by atoms with Crippen molar-refractivity contribution in [2.75, 3.05) is 6.61 Å². The number of hydrogen-bond donors (Lipinski definition) is 0. The summed E-state index contributed by atoms with van der Waals surface area (Å²) in [6.45, 7) is 0.304. The summed E-state index contributed by atoms with van der Waals surface area (Å²) < 4.78 is 15.4. The smallest absolute Gasteiger partial charge is 0.379 e. The molecule has 0 bridgehead atoms. The third kappa shape index (κ3) is 4.57. The largest absolute Gasteiger partial charge is 0.462 e. The van der Waals surface area contributed by atoms with Crippen LogP contribution in [0.3, 0.4) is 0 Å². The van der Waals surface area contributed by atoms with E-state index in [1.165, 1.54) is 24.5 Å². The molecule has 3 rings (SSSR count). The summed E-state index contributed by atoms with van der Waals surface area (Å²) in [7, 11) is 0. The Morgan fingerprint density at radius 1 is 0.840 bits per heavy atom. The van der Waals surface area contributed by atoms with Crippen LogP contribution in [0.1, 0.15) is 26.5 Å². The summed E-state index contributed by atoms with van der Waals surface area (Å²) in [5.74, 6) is -0.574. The Morgan fingerprint density at radius 3 is 2.28 bits per heavy atom. The molecule has 0 aliphatic carbocycles. The molecule has 0 amide bonds. The molecular formula is C20H16O5. The zero-order valence-corrected chi connectivity index (χ0v) is 13.4. The molecule has 0 aliphatic rings. The molecule has 5 heteroatoms. The molecule has 0 aliphatic heterocycles. The number of benzene rings is 2. The predicted molar refractivity (Wildman–Crippen MR) is 90.5 cm³/mol. The van der Waals surface area contributed by atoms with Gasteiger partial charge < -0.3 is 13.9 Å². The monoisotopic (exact) mass is 336 g/mol. The summed E-state index contributed by atoms with van der Waals surface area (Å²) in [5, 5.41) is 0. The minimum Gasteiger partial charge on any atom is -0.462 e. The zero-order chi connectivity index (χ0) is 17.5. The highest BCUT2D eigenvalue weighted by molar-refractivity contribution is 5.90. The molecule has 25 heavy (non-hydrogen) atoms. The molecule has 0 atom stereocenters. The first-order valence-corrected chi connectivity index (χ1v) is 7.79. The second kappa shape index (κ2) is 7.97. The van der Waals surface area contributed by atoms with Crippen LogP contribution >= 0.6 is 0 Å². The van der Waals surface area contributed by atoms with Gasteiger partial charge in [0.05, 0.1) is 18.4 Å². The van der Waals surface area contributed by atoms with Gasteiger partial charge >= 0.3 is 11.9 Å². The number of hydrogen-bond acceptors (Lipinski definition) is 5. The van der Waals surface area contributed by atoms with Crippen LogP contribution < -0.4 is 4.74 Å². The average molecular weight is 336 g/mol. The van der Waals surface area contributed by atoms with E-state index in [1.54, 1.807) is 18.2 Å². The lowest BCUT2D eigenvalue weighted by Crippen LogP contribution is -2.09. The lowest BCUT2D eigenvalue weighted by atomic mass is 10.2. The zero-order valence-electron chi connectivity index (χ0n) is 13.4. The number of rotatable bonds is 6. The van der Waals surface area contributed by atoms with Crippen molar-refractivity contribution < 1.29 is 23.5 Å². The molecule has 0 spiro atoms. The van der Waals surface area contributed by atoms with Gasteiger partial charge in [0.1, 0.15) is 5.75 Å². The second-order valence-electron chi connectivity index (χ2n) is 5.26. The maximum absolute atomic E-state index is 12.0. The van der Waals surface area contributed by atoms with Crippen molar-refractivity contribution in [3.63, 3.8) is 0 Å². The number of ether oxygens (including phenoxy) is 2. The fourth-order valence-electron chi connectivity index (χ4n) is 2.20. The quantitative estimate of drug-likeness (QED) is 0.504. The van der Waals surface area contributed by atoms with E-state index in [9.17, 15) is 9.59 Å². The normalized spacial score (nSPS) is 10.2. The summed E-state index contributed by atoms with van der Waals surface area (Å²) in [6, 6.07) is 19.1. The Balaban J connectivity index is 1.51. The van der Waals surface area contributed by atoms with Crippen LogP contribution in [0, 0.1) is 0 Å². The molecule has 126 valence electrons. The summed E-state index contributed by atoms with van der Waals surface area (Å²) >= 11 is 0. The molecule has 0 saturated carbocycles. The van der Waals surface area contributed by atoms with Crippen molar-refractivity contribution in [3.8, 4) is 5.75 Å². The Morgan fingerprint density at radius 2 is 1.60 bits per heavy atom. The lowest BCUT2D eigenvalue weighted by molar-refractivity contribution is 0.0509. The van der Waals surface area contributed by atoms with Gasteiger partial charge in [0.15, 0.2) is 0 Å². The summed E-state index contributed by atoms with van der Waals surface area (Å²) in [6.07, 6.45) is 2.05. The molecule has 1 heterocycles. The topological polar surface area (TPSA) is 65.7 Å². The lowest BCUT2D eigenvalue weighted by Gasteiger charge is -2.06. The Hall–Kier alpha value is -3.34. The molecule has 0 radical (unpaired) electrons. The average Bonchev–Trinajstić information content (AvgIpc) is 3.18. The Bertz CT molecular complexity index is 820. The molecule has 5 nitrogen and oxygen atoms in total. The molecule has 0 unspecified atom stereocenters. The SMILES string of the molecule is O=C(OCCc1ccccc1)c1ccc(OC(=O)c2ccco2)cc1. The van der Waals surface area contributed by atoms with Crippen LogP contribution in [0.25, 0.3) is 0 Å².